The average molecular weight is 414 g/mol. The number of nitrogen functional groups attached to an aromatic ring is 1. The molecule has 2 aliphatic heterocycles. The van der Waals surface area contributed by atoms with Crippen LogP contribution in [-0.4, -0.2) is 50.4 Å². The van der Waals surface area contributed by atoms with Gasteiger partial charge in [0.2, 0.25) is 5.95 Å². The Hall–Kier alpha value is -2.31. The number of rotatable bonds is 4. The first-order valence-electron chi connectivity index (χ1n) is 8.50. The number of nitrogens with zero attached hydrogens (tertiary/aromatic N) is 3. The highest BCUT2D eigenvalue weighted by Gasteiger charge is 2.53. The minimum atomic E-state index is -4.56. The predicted octanol–water partition coefficient (Wildman–Crippen LogP) is -0.805. The fourth-order valence-corrected chi connectivity index (χ4v) is 4.15. The van der Waals surface area contributed by atoms with Crippen molar-refractivity contribution in [1.29, 1.82) is 0 Å². The molecule has 2 fully saturated rings. The third kappa shape index (κ3) is 3.31. The lowest BCUT2D eigenvalue weighted by Gasteiger charge is -2.35. The highest BCUT2D eigenvalue weighted by atomic mass is 31.2. The van der Waals surface area contributed by atoms with E-state index >= 15 is 0 Å². The second-order valence-corrected chi connectivity index (χ2v) is 7.72. The molecule has 0 amide bonds. The zero-order chi connectivity index (χ0) is 20.1. The van der Waals surface area contributed by atoms with Crippen LogP contribution in [0.1, 0.15) is 26.0 Å². The van der Waals surface area contributed by atoms with Gasteiger partial charge in [0.25, 0.3) is 13.4 Å². The number of aromatic amines is 1. The summed E-state index contributed by atoms with van der Waals surface area (Å²) in [6.45, 7) is 1.50. The van der Waals surface area contributed by atoms with Crippen molar-refractivity contribution in [3.8, 4) is 0 Å². The van der Waals surface area contributed by atoms with Crippen LogP contribution < -0.4 is 16.2 Å². The molecule has 5 atom stereocenters. The normalized spacial score (nSPS) is 32.4. The van der Waals surface area contributed by atoms with E-state index in [9.17, 15) is 19.0 Å². The predicted molar refractivity (Wildman–Crippen MR) is 89.7 cm³/mol. The van der Waals surface area contributed by atoms with Crippen molar-refractivity contribution in [3.05, 3.63) is 16.7 Å². The lowest BCUT2D eigenvalue weighted by molar-refractivity contribution is -0.246. The molecule has 2 aliphatic rings. The standard InChI is InChI=1S/C14H18N5O8P/c1-2-3-7(20)26-10-9-6(4-24-28(22,23)27-9)25-13(10)19-5-16-8-11(19)17-14(15)18-12(8)21/h5-6,9-10,13H,2-4H2,1H3,(H,22,23)(H3,15,17,18,21)/p-1. The minimum absolute atomic E-state index is 0.00188. The van der Waals surface area contributed by atoms with Gasteiger partial charge in [0, 0.05) is 6.42 Å². The lowest BCUT2D eigenvalue weighted by Crippen LogP contribution is -2.43. The second kappa shape index (κ2) is 6.94. The summed E-state index contributed by atoms with van der Waals surface area (Å²) in [4.78, 5) is 46.2. The van der Waals surface area contributed by atoms with Crippen molar-refractivity contribution >= 4 is 30.9 Å². The van der Waals surface area contributed by atoms with Gasteiger partial charge < -0.3 is 29.1 Å². The van der Waals surface area contributed by atoms with Crippen molar-refractivity contribution in [3.63, 3.8) is 0 Å². The smallest absolute Gasteiger partial charge is 0.306 e. The number of phosphoric acid groups is 1. The molecule has 0 radical (unpaired) electrons. The number of esters is 1. The first-order valence-corrected chi connectivity index (χ1v) is 9.96. The topological polar surface area (TPSA) is 184 Å². The van der Waals surface area contributed by atoms with Gasteiger partial charge in [-0.2, -0.15) is 4.98 Å². The van der Waals surface area contributed by atoms with Crippen molar-refractivity contribution in [2.45, 2.75) is 44.3 Å². The molecule has 14 heteroatoms. The van der Waals surface area contributed by atoms with Gasteiger partial charge in [-0.05, 0) is 6.42 Å². The number of anilines is 1. The van der Waals surface area contributed by atoms with Crippen LogP contribution in [0.2, 0.25) is 0 Å². The lowest BCUT2D eigenvalue weighted by atomic mass is 10.1. The Labute approximate surface area is 157 Å². The van der Waals surface area contributed by atoms with Gasteiger partial charge in [0.15, 0.2) is 23.5 Å². The number of aromatic nitrogens is 4. The van der Waals surface area contributed by atoms with E-state index in [1.165, 1.54) is 10.9 Å². The van der Waals surface area contributed by atoms with E-state index in [4.69, 9.17) is 19.7 Å². The van der Waals surface area contributed by atoms with Crippen molar-refractivity contribution < 1.29 is 32.8 Å². The summed E-state index contributed by atoms with van der Waals surface area (Å²) in [6.07, 6.45) is -2.17. The summed E-state index contributed by atoms with van der Waals surface area (Å²) in [6, 6.07) is 0. The zero-order valence-corrected chi connectivity index (χ0v) is 15.5. The summed E-state index contributed by atoms with van der Waals surface area (Å²) in [5.41, 5.74) is 5.13. The largest absolute Gasteiger partial charge is 0.756 e. The number of hydrogen-bond donors (Lipinski definition) is 2. The summed E-state index contributed by atoms with van der Waals surface area (Å²) in [7, 11) is -4.56. The fourth-order valence-electron chi connectivity index (χ4n) is 3.21. The molecule has 4 rings (SSSR count). The molecule has 0 spiro atoms. The van der Waals surface area contributed by atoms with E-state index < -0.39 is 43.9 Å². The number of carbonyl (C=O) groups excluding carboxylic acids is 1. The van der Waals surface area contributed by atoms with E-state index in [1.807, 2.05) is 0 Å². The van der Waals surface area contributed by atoms with Crippen LogP contribution in [0.15, 0.2) is 11.1 Å². The van der Waals surface area contributed by atoms with Crippen LogP contribution in [0.25, 0.3) is 11.2 Å². The maximum atomic E-state index is 12.1. The quantitative estimate of drug-likeness (QED) is 0.471. The molecule has 2 aromatic heterocycles. The van der Waals surface area contributed by atoms with E-state index in [2.05, 4.69) is 19.5 Å². The Morgan fingerprint density at radius 1 is 1.57 bits per heavy atom. The third-order valence-electron chi connectivity index (χ3n) is 4.38. The number of H-pyrrole nitrogens is 1. The number of phosphoric ester groups is 1. The van der Waals surface area contributed by atoms with Gasteiger partial charge in [-0.15, -0.1) is 0 Å². The maximum absolute atomic E-state index is 12.1. The van der Waals surface area contributed by atoms with Crippen LogP contribution >= 0.6 is 7.82 Å². The summed E-state index contributed by atoms with van der Waals surface area (Å²) < 4.78 is 34.1. The average Bonchev–Trinajstić information content (AvgIpc) is 3.16. The molecule has 0 aliphatic carbocycles. The van der Waals surface area contributed by atoms with Gasteiger partial charge in [0.05, 0.1) is 12.9 Å². The molecule has 28 heavy (non-hydrogen) atoms. The monoisotopic (exact) mass is 414 g/mol. The first kappa shape index (κ1) is 19.0. The number of hydrogen-bond acceptors (Lipinski definition) is 11. The summed E-state index contributed by atoms with van der Waals surface area (Å²) in [5, 5.41) is 0. The second-order valence-electron chi connectivity index (χ2n) is 6.36. The van der Waals surface area contributed by atoms with E-state index in [0.29, 0.717) is 6.42 Å². The molecule has 152 valence electrons. The highest BCUT2D eigenvalue weighted by Crippen LogP contribution is 2.50. The number of nitrogens with two attached hydrogens (primary N) is 1. The highest BCUT2D eigenvalue weighted by molar-refractivity contribution is 7.45. The molecular weight excluding hydrogens is 397 g/mol. The molecule has 3 N–H and O–H groups in total. The molecule has 0 saturated carbocycles. The molecule has 5 unspecified atom stereocenters. The Morgan fingerprint density at radius 3 is 3.11 bits per heavy atom. The van der Waals surface area contributed by atoms with E-state index in [-0.39, 0.29) is 30.1 Å². The molecular formula is C14H17N5O8P-. The van der Waals surface area contributed by atoms with Crippen LogP contribution in [-0.2, 0) is 27.9 Å². The van der Waals surface area contributed by atoms with Crippen molar-refractivity contribution in [2.75, 3.05) is 12.3 Å². The molecule has 0 bridgehead atoms. The number of ether oxygens (including phenoxy) is 2. The molecule has 0 aromatic carbocycles. The Kier molecular flexibility index (Phi) is 4.71. The molecule has 2 aromatic rings. The zero-order valence-electron chi connectivity index (χ0n) is 14.6. The molecule has 13 nitrogen and oxygen atoms in total. The van der Waals surface area contributed by atoms with Gasteiger partial charge in [-0.1, -0.05) is 6.92 Å². The van der Waals surface area contributed by atoms with Crippen LogP contribution in [0.4, 0.5) is 5.95 Å². The van der Waals surface area contributed by atoms with E-state index in [0.717, 1.165) is 0 Å². The number of nitrogens with one attached hydrogen (secondary N) is 1. The van der Waals surface area contributed by atoms with Crippen LogP contribution in [0.5, 0.6) is 0 Å². The minimum Gasteiger partial charge on any atom is -0.756 e. The van der Waals surface area contributed by atoms with Gasteiger partial charge in [-0.25, -0.2) is 4.98 Å². The van der Waals surface area contributed by atoms with Gasteiger partial charge in [0.1, 0.15) is 12.2 Å². The SMILES string of the molecule is CCCC(=O)OC1C2OP(=O)([O-])OCC2OC1n1cnc2c(=O)[nH]c(N)nc21. The van der Waals surface area contributed by atoms with Crippen molar-refractivity contribution in [1.82, 2.24) is 19.5 Å². The van der Waals surface area contributed by atoms with Crippen LogP contribution in [0, 0.1) is 0 Å². The molecule has 2 saturated heterocycles. The summed E-state index contributed by atoms with van der Waals surface area (Å²) >= 11 is 0. The Bertz CT molecular complexity index is 1020. The van der Waals surface area contributed by atoms with Gasteiger partial charge in [-0.3, -0.25) is 23.7 Å². The van der Waals surface area contributed by atoms with Crippen LogP contribution in [0.3, 0.4) is 0 Å². The maximum Gasteiger partial charge on any atom is 0.306 e. The summed E-state index contributed by atoms with van der Waals surface area (Å²) in [5.74, 6) is -0.690. The number of carbonyl (C=O) groups is 1. The molecule has 4 heterocycles. The Morgan fingerprint density at radius 2 is 2.36 bits per heavy atom. The third-order valence-corrected chi connectivity index (χ3v) is 5.35. The number of fused-ring (bicyclic) bond motifs is 2. The number of imidazole rings is 1. The fraction of sp³-hybridized carbons (Fsp3) is 0.571. The van der Waals surface area contributed by atoms with E-state index in [1.54, 1.807) is 6.92 Å². The first-order chi connectivity index (χ1) is 13.3. The van der Waals surface area contributed by atoms with Crippen molar-refractivity contribution in [2.24, 2.45) is 0 Å². The van der Waals surface area contributed by atoms with Gasteiger partial charge >= 0.3 is 5.97 Å². The Balaban J connectivity index is 1.75.